The molecule has 2 aromatic carbocycles. The molecule has 3 rings (SSSR count). The largest absolute Gasteiger partial charge is 0.373 e. The van der Waals surface area contributed by atoms with E-state index in [-0.39, 0.29) is 16.7 Å². The fourth-order valence-electron chi connectivity index (χ4n) is 3.38. The quantitative estimate of drug-likeness (QED) is 0.505. The third kappa shape index (κ3) is 4.65. The van der Waals surface area contributed by atoms with Crippen LogP contribution in [0.1, 0.15) is 56.8 Å². The van der Waals surface area contributed by atoms with Crippen molar-refractivity contribution in [1.82, 2.24) is 0 Å². The monoisotopic (exact) mass is 390 g/mol. The van der Waals surface area contributed by atoms with Crippen molar-refractivity contribution in [3.8, 4) is 0 Å². The van der Waals surface area contributed by atoms with Gasteiger partial charge in [0.2, 0.25) is 0 Å². The Morgan fingerprint density at radius 3 is 2.69 bits per heavy atom. The van der Waals surface area contributed by atoms with Crippen LogP contribution in [-0.2, 0) is 4.74 Å². The first-order valence-corrected chi connectivity index (χ1v) is 11.2. The van der Waals surface area contributed by atoms with Crippen molar-refractivity contribution in [3.63, 3.8) is 0 Å². The molecule has 2 aromatic rings. The van der Waals surface area contributed by atoms with Gasteiger partial charge in [0.15, 0.2) is 0 Å². The molecular weight excluding hydrogens is 363 g/mol. The van der Waals surface area contributed by atoms with E-state index >= 15 is 0 Å². The fraction of sp³-hybridized carbons (Fsp3) is 0.455. The molecule has 1 aliphatic rings. The summed E-state index contributed by atoms with van der Waals surface area (Å²) in [5.74, 6) is 0.381. The zero-order valence-electron chi connectivity index (χ0n) is 15.9. The molecule has 1 heterocycles. The molecule has 140 valence electrons. The smallest absolute Gasteiger partial charge is 0.137 e. The van der Waals surface area contributed by atoms with Gasteiger partial charge < -0.3 is 4.74 Å². The SMILES string of the molecule is CSc1ccc(C2CC(C)(Sc3cccc(C(C)C)c3)CCO2)cc1F. The molecule has 0 N–H and O–H groups in total. The molecule has 2 atom stereocenters. The Bertz CT molecular complexity index is 762. The summed E-state index contributed by atoms with van der Waals surface area (Å²) in [6, 6.07) is 14.4. The van der Waals surface area contributed by atoms with Gasteiger partial charge in [0.05, 0.1) is 6.10 Å². The lowest BCUT2D eigenvalue weighted by atomic mass is 9.92. The Morgan fingerprint density at radius 2 is 2.00 bits per heavy atom. The van der Waals surface area contributed by atoms with Crippen LogP contribution in [0.3, 0.4) is 0 Å². The highest BCUT2D eigenvalue weighted by Crippen LogP contribution is 2.46. The highest BCUT2D eigenvalue weighted by atomic mass is 32.2. The molecule has 0 amide bonds. The topological polar surface area (TPSA) is 9.23 Å². The van der Waals surface area contributed by atoms with Crippen molar-refractivity contribution in [1.29, 1.82) is 0 Å². The standard InChI is InChI=1S/C22H27FOS2/c1-15(2)16-6-5-7-18(12-16)26-22(3)10-11-24-20(14-22)17-8-9-21(25-4)19(23)13-17/h5-9,12-13,15,20H,10-11,14H2,1-4H3. The molecule has 4 heteroatoms. The van der Waals surface area contributed by atoms with E-state index < -0.39 is 0 Å². The van der Waals surface area contributed by atoms with Gasteiger partial charge in [-0.05, 0) is 67.3 Å². The zero-order chi connectivity index (χ0) is 18.7. The first-order chi connectivity index (χ1) is 12.4. The second-order valence-corrected chi connectivity index (χ2v) is 10.00. The van der Waals surface area contributed by atoms with Crippen molar-refractivity contribution < 1.29 is 9.13 Å². The van der Waals surface area contributed by atoms with Crippen molar-refractivity contribution >= 4 is 23.5 Å². The summed E-state index contributed by atoms with van der Waals surface area (Å²) in [5.41, 5.74) is 2.32. The van der Waals surface area contributed by atoms with Gasteiger partial charge >= 0.3 is 0 Å². The Kier molecular flexibility index (Phi) is 6.37. The predicted octanol–water partition coefficient (Wildman–Crippen LogP) is 7.07. The lowest BCUT2D eigenvalue weighted by Crippen LogP contribution is -2.31. The van der Waals surface area contributed by atoms with Gasteiger partial charge in [0.1, 0.15) is 5.82 Å². The second-order valence-electron chi connectivity index (χ2n) is 7.49. The van der Waals surface area contributed by atoms with Gasteiger partial charge in [-0.1, -0.05) is 32.0 Å². The second kappa shape index (κ2) is 8.37. The van der Waals surface area contributed by atoms with E-state index in [4.69, 9.17) is 4.74 Å². The Hall–Kier alpha value is -0.970. The van der Waals surface area contributed by atoms with Crippen LogP contribution < -0.4 is 0 Å². The molecule has 0 saturated carbocycles. The average Bonchev–Trinajstić information content (AvgIpc) is 2.61. The maximum atomic E-state index is 14.2. The number of rotatable bonds is 5. The summed E-state index contributed by atoms with van der Waals surface area (Å²) in [5, 5.41) is 0. The summed E-state index contributed by atoms with van der Waals surface area (Å²) in [7, 11) is 0. The van der Waals surface area contributed by atoms with Crippen molar-refractivity contribution in [3.05, 3.63) is 59.4 Å². The van der Waals surface area contributed by atoms with Crippen LogP contribution in [0.2, 0.25) is 0 Å². The summed E-state index contributed by atoms with van der Waals surface area (Å²) in [4.78, 5) is 2.00. The average molecular weight is 391 g/mol. The van der Waals surface area contributed by atoms with Crippen LogP contribution in [0.4, 0.5) is 4.39 Å². The molecule has 1 aliphatic heterocycles. The molecule has 0 aromatic heterocycles. The molecule has 26 heavy (non-hydrogen) atoms. The van der Waals surface area contributed by atoms with Gasteiger partial charge in [0.25, 0.3) is 0 Å². The number of halogens is 1. The van der Waals surface area contributed by atoms with Crippen LogP contribution in [0.15, 0.2) is 52.3 Å². The maximum Gasteiger partial charge on any atom is 0.137 e. The van der Waals surface area contributed by atoms with Gasteiger partial charge in [-0.15, -0.1) is 23.5 Å². The first-order valence-electron chi connectivity index (χ1n) is 9.14. The number of benzene rings is 2. The highest BCUT2D eigenvalue weighted by molar-refractivity contribution is 8.00. The molecule has 1 fully saturated rings. The van der Waals surface area contributed by atoms with E-state index in [1.807, 2.05) is 30.2 Å². The van der Waals surface area contributed by atoms with Crippen LogP contribution in [0, 0.1) is 5.82 Å². The lowest BCUT2D eigenvalue weighted by molar-refractivity contribution is 0.00202. The summed E-state index contributed by atoms with van der Waals surface area (Å²) < 4.78 is 20.3. The molecule has 0 radical (unpaired) electrons. The van der Waals surface area contributed by atoms with E-state index in [1.54, 1.807) is 6.07 Å². The fourth-order valence-corrected chi connectivity index (χ4v) is 5.17. The van der Waals surface area contributed by atoms with Crippen molar-refractivity contribution in [2.45, 2.75) is 60.2 Å². The summed E-state index contributed by atoms with van der Waals surface area (Å²) in [6.45, 7) is 7.47. The van der Waals surface area contributed by atoms with Crippen LogP contribution in [-0.4, -0.2) is 17.6 Å². The number of hydrogen-bond donors (Lipinski definition) is 0. The number of hydrogen-bond acceptors (Lipinski definition) is 3. The lowest BCUT2D eigenvalue weighted by Gasteiger charge is -2.38. The minimum absolute atomic E-state index is 0.0417. The summed E-state index contributed by atoms with van der Waals surface area (Å²) in [6.07, 6.45) is 3.75. The van der Waals surface area contributed by atoms with E-state index in [2.05, 4.69) is 45.0 Å². The summed E-state index contributed by atoms with van der Waals surface area (Å²) >= 11 is 3.37. The predicted molar refractivity (Wildman–Crippen MR) is 111 cm³/mol. The van der Waals surface area contributed by atoms with Crippen LogP contribution in [0.5, 0.6) is 0 Å². The van der Waals surface area contributed by atoms with Gasteiger partial charge in [-0.3, -0.25) is 0 Å². The maximum absolute atomic E-state index is 14.2. The van der Waals surface area contributed by atoms with Gasteiger partial charge in [-0.2, -0.15) is 0 Å². The van der Waals surface area contributed by atoms with E-state index in [0.717, 1.165) is 18.4 Å². The normalized spacial score (nSPS) is 23.4. The molecule has 0 bridgehead atoms. The number of ether oxygens (including phenoxy) is 1. The van der Waals surface area contributed by atoms with Crippen LogP contribution >= 0.6 is 23.5 Å². The van der Waals surface area contributed by atoms with Crippen molar-refractivity contribution in [2.75, 3.05) is 12.9 Å². The molecule has 0 spiro atoms. The van der Waals surface area contributed by atoms with E-state index in [1.165, 1.54) is 22.2 Å². The Morgan fingerprint density at radius 1 is 1.19 bits per heavy atom. The third-order valence-corrected chi connectivity index (χ3v) is 7.13. The first kappa shape index (κ1) is 19.8. The Balaban J connectivity index is 1.76. The van der Waals surface area contributed by atoms with E-state index in [0.29, 0.717) is 17.4 Å². The third-order valence-electron chi connectivity index (χ3n) is 5.00. The Labute approximate surface area is 165 Å². The molecular formula is C22H27FOS2. The molecule has 0 aliphatic carbocycles. The molecule has 2 unspecified atom stereocenters. The van der Waals surface area contributed by atoms with E-state index in [9.17, 15) is 4.39 Å². The molecule has 1 saturated heterocycles. The van der Waals surface area contributed by atoms with Gasteiger partial charge in [0, 0.05) is 21.1 Å². The molecule has 1 nitrogen and oxygen atoms in total. The van der Waals surface area contributed by atoms with Crippen molar-refractivity contribution in [2.24, 2.45) is 0 Å². The van der Waals surface area contributed by atoms with Gasteiger partial charge in [-0.25, -0.2) is 4.39 Å². The number of thioether (sulfide) groups is 2. The highest BCUT2D eigenvalue weighted by Gasteiger charge is 2.35. The minimum Gasteiger partial charge on any atom is -0.373 e. The zero-order valence-corrected chi connectivity index (χ0v) is 17.6. The minimum atomic E-state index is -0.150. The van der Waals surface area contributed by atoms with Crippen LogP contribution in [0.25, 0.3) is 0 Å².